The van der Waals surface area contributed by atoms with Crippen LogP contribution in [0.5, 0.6) is 0 Å². The van der Waals surface area contributed by atoms with Crippen LogP contribution in [0.2, 0.25) is 0 Å². The number of piperidine rings is 1. The van der Waals surface area contributed by atoms with Crippen molar-refractivity contribution in [2.45, 2.75) is 64.2 Å². The third kappa shape index (κ3) is 5.00. The number of aromatic nitrogens is 2. The van der Waals surface area contributed by atoms with E-state index in [9.17, 15) is 9.59 Å². The van der Waals surface area contributed by atoms with Crippen LogP contribution in [0.3, 0.4) is 0 Å². The van der Waals surface area contributed by atoms with Crippen molar-refractivity contribution in [2.24, 2.45) is 5.92 Å². The number of hydrogen-bond donors (Lipinski definition) is 1. The van der Waals surface area contributed by atoms with E-state index in [0.29, 0.717) is 30.4 Å². The Kier molecular flexibility index (Phi) is 7.05. The maximum Gasteiger partial charge on any atom is 0.261 e. The summed E-state index contributed by atoms with van der Waals surface area (Å²) in [5.74, 6) is 1.10. The van der Waals surface area contributed by atoms with E-state index < -0.39 is 0 Å². The molecule has 1 aromatic heterocycles. The molecule has 2 aromatic rings. The van der Waals surface area contributed by atoms with Gasteiger partial charge < -0.3 is 9.80 Å². The second kappa shape index (κ2) is 10.1. The number of aromatic amines is 1. The average Bonchev–Trinajstić information content (AvgIpc) is 3.31. The summed E-state index contributed by atoms with van der Waals surface area (Å²) in [7, 11) is 0. The first-order chi connectivity index (χ1) is 15.2. The standard InChI is InChI=1S/C25H34N4O2/c1-2-29(21-11-7-4-8-12-21)25(31)22-18-26-27-24(22)20-13-15-28(16-14-20)23(30)17-19-9-5-3-6-10-19/h4,7-8,11-12,18-20H,2-3,5-6,9-10,13-17H2,1H3,(H,26,27). The number of amides is 2. The number of carbonyl (C=O) groups excluding carboxylic acids is 2. The van der Waals surface area contributed by atoms with E-state index in [1.807, 2.05) is 42.2 Å². The number of H-pyrrole nitrogens is 1. The van der Waals surface area contributed by atoms with Crippen LogP contribution in [-0.2, 0) is 4.79 Å². The normalized spacial score (nSPS) is 18.2. The highest BCUT2D eigenvalue weighted by Crippen LogP contribution is 2.32. The monoisotopic (exact) mass is 422 g/mol. The van der Waals surface area contributed by atoms with Gasteiger partial charge in [-0.1, -0.05) is 37.5 Å². The highest BCUT2D eigenvalue weighted by atomic mass is 16.2. The number of carbonyl (C=O) groups is 2. The Balaban J connectivity index is 1.38. The van der Waals surface area contributed by atoms with Gasteiger partial charge in [-0.25, -0.2) is 0 Å². The minimum atomic E-state index is -0.0201. The molecule has 166 valence electrons. The van der Waals surface area contributed by atoms with Crippen LogP contribution < -0.4 is 4.90 Å². The fraction of sp³-hybridized carbons (Fsp3) is 0.560. The zero-order valence-corrected chi connectivity index (χ0v) is 18.6. The van der Waals surface area contributed by atoms with Gasteiger partial charge in [0.2, 0.25) is 5.91 Å². The van der Waals surface area contributed by atoms with Gasteiger partial charge in [0.25, 0.3) is 5.91 Å². The molecule has 4 rings (SSSR count). The summed E-state index contributed by atoms with van der Waals surface area (Å²) in [4.78, 5) is 29.9. The number of rotatable bonds is 6. The van der Waals surface area contributed by atoms with Gasteiger partial charge in [-0.2, -0.15) is 5.10 Å². The summed E-state index contributed by atoms with van der Waals surface area (Å²) < 4.78 is 0. The van der Waals surface area contributed by atoms with Crippen molar-refractivity contribution in [3.63, 3.8) is 0 Å². The number of likely N-dealkylation sites (tertiary alicyclic amines) is 1. The van der Waals surface area contributed by atoms with E-state index in [4.69, 9.17) is 0 Å². The first-order valence-electron chi connectivity index (χ1n) is 11.8. The van der Waals surface area contributed by atoms with E-state index in [1.165, 1.54) is 32.1 Å². The lowest BCUT2D eigenvalue weighted by atomic mass is 9.86. The number of nitrogens with zero attached hydrogens (tertiary/aromatic N) is 3. The summed E-state index contributed by atoms with van der Waals surface area (Å²) in [5.41, 5.74) is 2.46. The quantitative estimate of drug-likeness (QED) is 0.730. The Hall–Kier alpha value is -2.63. The van der Waals surface area contributed by atoms with E-state index in [1.54, 1.807) is 11.1 Å². The molecular weight excluding hydrogens is 388 g/mol. The van der Waals surface area contributed by atoms with Gasteiger partial charge in [0.15, 0.2) is 0 Å². The fourth-order valence-corrected chi connectivity index (χ4v) is 5.16. The molecule has 1 aliphatic heterocycles. The Bertz CT molecular complexity index is 865. The van der Waals surface area contributed by atoms with Crippen LogP contribution in [0.25, 0.3) is 0 Å². The van der Waals surface area contributed by atoms with Gasteiger partial charge in [-0.15, -0.1) is 0 Å². The Morgan fingerprint density at radius 2 is 1.77 bits per heavy atom. The zero-order chi connectivity index (χ0) is 21.6. The lowest BCUT2D eigenvalue weighted by Gasteiger charge is -2.33. The maximum absolute atomic E-state index is 13.3. The van der Waals surface area contributed by atoms with E-state index in [0.717, 1.165) is 37.3 Å². The number of nitrogens with one attached hydrogen (secondary N) is 1. The maximum atomic E-state index is 13.3. The van der Waals surface area contributed by atoms with Gasteiger partial charge in [-0.3, -0.25) is 14.7 Å². The van der Waals surface area contributed by atoms with Crippen molar-refractivity contribution >= 4 is 17.5 Å². The number of hydrogen-bond acceptors (Lipinski definition) is 3. The molecule has 6 nitrogen and oxygen atoms in total. The van der Waals surface area contributed by atoms with Gasteiger partial charge >= 0.3 is 0 Å². The molecular formula is C25H34N4O2. The van der Waals surface area contributed by atoms with Crippen LogP contribution in [0, 0.1) is 5.92 Å². The van der Waals surface area contributed by atoms with E-state index >= 15 is 0 Å². The predicted octanol–water partition coefficient (Wildman–Crippen LogP) is 4.75. The van der Waals surface area contributed by atoms with E-state index in [2.05, 4.69) is 10.2 Å². The molecule has 1 aromatic carbocycles. The molecule has 2 aliphatic rings. The summed E-state index contributed by atoms with van der Waals surface area (Å²) in [6, 6.07) is 9.76. The van der Waals surface area contributed by atoms with Crippen LogP contribution in [-0.4, -0.2) is 46.5 Å². The van der Waals surface area contributed by atoms with Crippen LogP contribution in [0.1, 0.15) is 80.3 Å². The van der Waals surface area contributed by atoms with Gasteiger partial charge in [0.05, 0.1) is 17.5 Å². The third-order valence-electron chi connectivity index (χ3n) is 6.97. The number of para-hydroxylation sites is 1. The van der Waals surface area contributed by atoms with Crippen molar-refractivity contribution in [1.29, 1.82) is 0 Å². The zero-order valence-electron chi connectivity index (χ0n) is 18.6. The topological polar surface area (TPSA) is 69.3 Å². The molecule has 0 bridgehead atoms. The highest BCUT2D eigenvalue weighted by Gasteiger charge is 2.30. The Morgan fingerprint density at radius 3 is 2.45 bits per heavy atom. The molecule has 2 heterocycles. The van der Waals surface area contributed by atoms with Crippen molar-refractivity contribution < 1.29 is 9.59 Å². The van der Waals surface area contributed by atoms with Crippen molar-refractivity contribution in [1.82, 2.24) is 15.1 Å². The fourth-order valence-electron chi connectivity index (χ4n) is 5.16. The van der Waals surface area contributed by atoms with Crippen molar-refractivity contribution in [3.05, 3.63) is 47.8 Å². The van der Waals surface area contributed by atoms with Gasteiger partial charge in [0, 0.05) is 37.7 Å². The minimum absolute atomic E-state index is 0.0201. The SMILES string of the molecule is CCN(C(=O)c1cn[nH]c1C1CCN(C(=O)CC2CCCCC2)CC1)c1ccccc1. The molecule has 2 amide bonds. The molecule has 1 saturated carbocycles. The molecule has 1 aliphatic carbocycles. The second-order valence-corrected chi connectivity index (χ2v) is 8.95. The lowest BCUT2D eigenvalue weighted by molar-refractivity contribution is -0.133. The number of anilines is 1. The summed E-state index contributed by atoms with van der Waals surface area (Å²) >= 11 is 0. The Labute approximate surface area is 185 Å². The predicted molar refractivity (Wildman–Crippen MR) is 122 cm³/mol. The van der Waals surface area contributed by atoms with Crippen molar-refractivity contribution in [2.75, 3.05) is 24.5 Å². The first-order valence-corrected chi connectivity index (χ1v) is 11.8. The molecule has 1 N–H and O–H groups in total. The van der Waals surface area contributed by atoms with Crippen LogP contribution in [0.15, 0.2) is 36.5 Å². The average molecular weight is 423 g/mol. The molecule has 0 spiro atoms. The minimum Gasteiger partial charge on any atom is -0.343 e. The van der Waals surface area contributed by atoms with Gasteiger partial charge in [-0.05, 0) is 50.7 Å². The summed E-state index contributed by atoms with van der Waals surface area (Å²) in [5, 5.41) is 7.30. The summed E-state index contributed by atoms with van der Waals surface area (Å²) in [6.45, 7) is 4.11. The van der Waals surface area contributed by atoms with Crippen molar-refractivity contribution in [3.8, 4) is 0 Å². The molecule has 6 heteroatoms. The van der Waals surface area contributed by atoms with Gasteiger partial charge in [0.1, 0.15) is 0 Å². The molecule has 0 unspecified atom stereocenters. The lowest BCUT2D eigenvalue weighted by Crippen LogP contribution is -2.39. The molecule has 2 fully saturated rings. The molecule has 0 radical (unpaired) electrons. The summed E-state index contributed by atoms with van der Waals surface area (Å²) in [6.07, 6.45) is 10.4. The number of benzene rings is 1. The van der Waals surface area contributed by atoms with E-state index in [-0.39, 0.29) is 11.8 Å². The third-order valence-corrected chi connectivity index (χ3v) is 6.97. The molecule has 1 saturated heterocycles. The Morgan fingerprint density at radius 1 is 1.06 bits per heavy atom. The largest absolute Gasteiger partial charge is 0.343 e. The highest BCUT2D eigenvalue weighted by molar-refractivity contribution is 6.06. The second-order valence-electron chi connectivity index (χ2n) is 8.95. The van der Waals surface area contributed by atoms with Crippen LogP contribution in [0.4, 0.5) is 5.69 Å². The molecule has 31 heavy (non-hydrogen) atoms. The smallest absolute Gasteiger partial charge is 0.261 e. The first kappa shape index (κ1) is 21.6. The van der Waals surface area contributed by atoms with Crippen LogP contribution >= 0.6 is 0 Å². The molecule has 0 atom stereocenters.